The number of aryl methyl sites for hydroxylation is 1. The molecule has 7 nitrogen and oxygen atoms in total. The lowest BCUT2D eigenvalue weighted by atomic mass is 9.98. The third kappa shape index (κ3) is 7.71. The number of hydrogen-bond acceptors (Lipinski definition) is 4. The van der Waals surface area contributed by atoms with Crippen molar-refractivity contribution in [2.45, 2.75) is 38.1 Å². The number of rotatable bonds is 9. The minimum absolute atomic E-state index is 0.125. The molecule has 244 valence electrons. The zero-order valence-electron chi connectivity index (χ0n) is 26.3. The summed E-state index contributed by atoms with van der Waals surface area (Å²) in [5.74, 6) is -0.639. The smallest absolute Gasteiger partial charge is 0.336 e. The Morgan fingerprint density at radius 3 is 2.25 bits per heavy atom. The highest BCUT2D eigenvalue weighted by molar-refractivity contribution is 5.96. The summed E-state index contributed by atoms with van der Waals surface area (Å²) in [6.45, 7) is 1.07. The molecule has 0 spiro atoms. The Morgan fingerprint density at radius 1 is 0.896 bits per heavy atom. The summed E-state index contributed by atoms with van der Waals surface area (Å²) < 4.78 is 41.0. The highest BCUT2D eigenvalue weighted by Gasteiger charge is 2.35. The molecule has 0 bridgehead atoms. The number of fused-ring (bicyclic) bond motifs is 1. The predicted octanol–water partition coefficient (Wildman–Crippen LogP) is 6.74. The van der Waals surface area contributed by atoms with Crippen molar-refractivity contribution in [1.29, 1.82) is 0 Å². The van der Waals surface area contributed by atoms with Crippen molar-refractivity contribution in [3.8, 4) is 11.1 Å². The molecule has 0 aliphatic carbocycles. The molecule has 0 fully saturated rings. The third-order valence-corrected chi connectivity index (χ3v) is 8.53. The van der Waals surface area contributed by atoms with Crippen LogP contribution in [0.15, 0.2) is 116 Å². The SMILES string of the molecule is Cn1ccc(C[C@@H](C(=O)N2CCc3ccccc3C2)N(Cc2ccc(-c3ccncc3)cc2)C(=O)/C=C/c2ccc(C(F)(F)F)cc2)n1. The van der Waals surface area contributed by atoms with Crippen LogP contribution in [0.25, 0.3) is 17.2 Å². The summed E-state index contributed by atoms with van der Waals surface area (Å²) in [7, 11) is 1.79. The molecule has 5 aromatic rings. The van der Waals surface area contributed by atoms with Gasteiger partial charge in [0.2, 0.25) is 11.8 Å². The Morgan fingerprint density at radius 2 is 1.58 bits per heavy atom. The molecule has 0 saturated carbocycles. The molecule has 0 saturated heterocycles. The summed E-state index contributed by atoms with van der Waals surface area (Å²) in [4.78, 5) is 36.0. The Labute approximate surface area is 277 Å². The van der Waals surface area contributed by atoms with E-state index in [1.165, 1.54) is 29.8 Å². The van der Waals surface area contributed by atoms with Crippen LogP contribution >= 0.6 is 0 Å². The molecule has 0 unspecified atom stereocenters. The lowest BCUT2D eigenvalue weighted by molar-refractivity contribution is -0.144. The molecule has 0 N–H and O–H groups in total. The molecule has 0 radical (unpaired) electrons. The van der Waals surface area contributed by atoms with Gasteiger partial charge in [-0.15, -0.1) is 0 Å². The van der Waals surface area contributed by atoms with Gasteiger partial charge >= 0.3 is 6.18 Å². The van der Waals surface area contributed by atoms with Crippen molar-refractivity contribution in [3.63, 3.8) is 0 Å². The molecule has 2 amide bonds. The van der Waals surface area contributed by atoms with Crippen LogP contribution in [0.5, 0.6) is 0 Å². The first kappa shape index (κ1) is 32.4. The quantitative estimate of drug-likeness (QED) is 0.166. The molecule has 10 heteroatoms. The number of benzene rings is 3. The Hall–Kier alpha value is -5.51. The summed E-state index contributed by atoms with van der Waals surface area (Å²) in [6.07, 6.45) is 4.46. The fourth-order valence-electron chi connectivity index (χ4n) is 5.93. The first-order valence-corrected chi connectivity index (χ1v) is 15.6. The van der Waals surface area contributed by atoms with Crippen molar-refractivity contribution < 1.29 is 22.8 Å². The van der Waals surface area contributed by atoms with Crippen LogP contribution in [-0.2, 0) is 48.7 Å². The molecule has 3 heterocycles. The van der Waals surface area contributed by atoms with Gasteiger partial charge in [0.25, 0.3) is 0 Å². The van der Waals surface area contributed by atoms with E-state index in [0.717, 1.165) is 34.4 Å². The van der Waals surface area contributed by atoms with Gasteiger partial charge in [0.1, 0.15) is 6.04 Å². The van der Waals surface area contributed by atoms with Gasteiger partial charge in [0.15, 0.2) is 0 Å². The lowest BCUT2D eigenvalue weighted by Crippen LogP contribution is -2.52. The van der Waals surface area contributed by atoms with Crippen LogP contribution in [0.4, 0.5) is 13.2 Å². The minimum atomic E-state index is -4.46. The van der Waals surface area contributed by atoms with Gasteiger partial charge in [-0.1, -0.05) is 60.7 Å². The molecule has 2 aromatic heterocycles. The largest absolute Gasteiger partial charge is 0.416 e. The molecular formula is C38H34F3N5O2. The van der Waals surface area contributed by atoms with E-state index >= 15 is 0 Å². The molecule has 6 rings (SSSR count). The molecule has 3 aromatic carbocycles. The normalized spacial score (nSPS) is 13.7. The second-order valence-electron chi connectivity index (χ2n) is 11.8. The van der Waals surface area contributed by atoms with Crippen LogP contribution in [0.1, 0.15) is 33.5 Å². The Balaban J connectivity index is 1.33. The summed E-state index contributed by atoms with van der Waals surface area (Å²) in [5.41, 5.74) is 5.37. The molecular weight excluding hydrogens is 615 g/mol. The lowest BCUT2D eigenvalue weighted by Gasteiger charge is -2.36. The first-order chi connectivity index (χ1) is 23.1. The van der Waals surface area contributed by atoms with E-state index in [1.807, 2.05) is 60.7 Å². The van der Waals surface area contributed by atoms with Gasteiger partial charge < -0.3 is 9.80 Å². The van der Waals surface area contributed by atoms with Crippen molar-refractivity contribution in [1.82, 2.24) is 24.6 Å². The Bertz CT molecular complexity index is 1900. The molecule has 48 heavy (non-hydrogen) atoms. The predicted molar refractivity (Wildman–Crippen MR) is 177 cm³/mol. The number of nitrogens with zero attached hydrogens (tertiary/aromatic N) is 5. The minimum Gasteiger partial charge on any atom is -0.336 e. The van der Waals surface area contributed by atoms with Gasteiger partial charge in [-0.2, -0.15) is 18.3 Å². The van der Waals surface area contributed by atoms with Gasteiger partial charge in [-0.25, -0.2) is 0 Å². The number of carbonyl (C=O) groups excluding carboxylic acids is 2. The average molecular weight is 650 g/mol. The van der Waals surface area contributed by atoms with E-state index in [0.29, 0.717) is 30.8 Å². The summed E-state index contributed by atoms with van der Waals surface area (Å²) in [5, 5.41) is 4.52. The van der Waals surface area contributed by atoms with Crippen molar-refractivity contribution in [3.05, 3.63) is 149 Å². The standard InChI is InChI=1S/C38H34F3N5O2/c1-44-22-19-34(43-44)24-35(37(48)45-23-18-29-4-2-3-5-32(29)26-45)46(25-28-6-11-30(12-7-28)31-16-20-42-21-17-31)36(47)15-10-27-8-13-33(14-9-27)38(39,40)41/h2-17,19-22,35H,18,23-26H2,1H3/b15-10+/t35-/m0/s1. The van der Waals surface area contributed by atoms with E-state index in [-0.39, 0.29) is 18.9 Å². The van der Waals surface area contributed by atoms with Crippen molar-refractivity contribution in [2.24, 2.45) is 7.05 Å². The van der Waals surface area contributed by atoms with E-state index < -0.39 is 23.7 Å². The Kier molecular flexibility index (Phi) is 9.52. The third-order valence-electron chi connectivity index (χ3n) is 8.53. The molecule has 1 aliphatic heterocycles. The number of aromatic nitrogens is 3. The maximum atomic E-state index is 14.5. The number of carbonyl (C=O) groups is 2. The number of hydrogen-bond donors (Lipinski definition) is 0. The van der Waals surface area contributed by atoms with Gasteiger partial charge in [-0.3, -0.25) is 19.3 Å². The van der Waals surface area contributed by atoms with Crippen LogP contribution in [-0.4, -0.2) is 49.0 Å². The van der Waals surface area contributed by atoms with Gasteiger partial charge in [0.05, 0.1) is 11.3 Å². The highest BCUT2D eigenvalue weighted by atomic mass is 19.4. The van der Waals surface area contributed by atoms with Crippen molar-refractivity contribution >= 4 is 17.9 Å². The summed E-state index contributed by atoms with van der Waals surface area (Å²) in [6, 6.07) is 25.2. The van der Waals surface area contributed by atoms with E-state index in [4.69, 9.17) is 0 Å². The van der Waals surface area contributed by atoms with E-state index in [9.17, 15) is 22.8 Å². The first-order valence-electron chi connectivity index (χ1n) is 15.6. The highest BCUT2D eigenvalue weighted by Crippen LogP contribution is 2.29. The van der Waals surface area contributed by atoms with E-state index in [2.05, 4.69) is 16.1 Å². The zero-order chi connectivity index (χ0) is 33.7. The van der Waals surface area contributed by atoms with E-state index in [1.54, 1.807) is 40.1 Å². The fourth-order valence-corrected chi connectivity index (χ4v) is 5.93. The van der Waals surface area contributed by atoms with Crippen LogP contribution in [0.2, 0.25) is 0 Å². The zero-order valence-corrected chi connectivity index (χ0v) is 26.3. The molecule has 1 aliphatic rings. The topological polar surface area (TPSA) is 71.3 Å². The molecule has 1 atom stereocenters. The fraction of sp³-hybridized carbons (Fsp3) is 0.211. The monoisotopic (exact) mass is 649 g/mol. The van der Waals surface area contributed by atoms with Gasteiger partial charge in [-0.05, 0) is 76.2 Å². The number of pyridine rings is 1. The van der Waals surface area contributed by atoms with Crippen LogP contribution in [0.3, 0.4) is 0 Å². The summed E-state index contributed by atoms with van der Waals surface area (Å²) >= 11 is 0. The van der Waals surface area contributed by atoms with Crippen LogP contribution < -0.4 is 0 Å². The second kappa shape index (κ2) is 14.1. The van der Waals surface area contributed by atoms with Crippen LogP contribution in [0, 0.1) is 0 Å². The van der Waals surface area contributed by atoms with Gasteiger partial charge in [0, 0.05) is 57.8 Å². The number of alkyl halides is 3. The second-order valence-corrected chi connectivity index (χ2v) is 11.8. The maximum absolute atomic E-state index is 14.5. The maximum Gasteiger partial charge on any atom is 0.416 e. The number of amides is 2. The number of halogens is 3. The average Bonchev–Trinajstić information content (AvgIpc) is 3.52. The van der Waals surface area contributed by atoms with Crippen molar-refractivity contribution in [2.75, 3.05) is 6.54 Å².